The molecular formula is C22H19ClF4N4O. The fraction of sp³-hybridized carbons (Fsp3) is 0.318. The van der Waals surface area contributed by atoms with Gasteiger partial charge in [0.2, 0.25) is 0 Å². The molecule has 32 heavy (non-hydrogen) atoms. The molecule has 0 radical (unpaired) electrons. The predicted molar refractivity (Wildman–Crippen MR) is 111 cm³/mol. The summed E-state index contributed by atoms with van der Waals surface area (Å²) in [5, 5.41) is 0.107. The first-order valence-electron chi connectivity index (χ1n) is 9.87. The summed E-state index contributed by atoms with van der Waals surface area (Å²) < 4.78 is 58.2. The third-order valence-electron chi connectivity index (χ3n) is 5.42. The molecule has 2 heterocycles. The van der Waals surface area contributed by atoms with Crippen LogP contribution in [0.25, 0.3) is 11.1 Å². The summed E-state index contributed by atoms with van der Waals surface area (Å²) in [6.45, 7) is 1.33. The molecule has 168 valence electrons. The molecule has 1 amide bonds. The highest BCUT2D eigenvalue weighted by atomic mass is 35.5. The second-order valence-electron chi connectivity index (χ2n) is 7.78. The lowest BCUT2D eigenvalue weighted by Gasteiger charge is -2.21. The summed E-state index contributed by atoms with van der Waals surface area (Å²) in [4.78, 5) is 22.7. The number of aromatic nitrogens is 3. The Bertz CT molecular complexity index is 1170. The number of rotatable bonds is 5. The van der Waals surface area contributed by atoms with Crippen LogP contribution in [0.1, 0.15) is 46.3 Å². The molecule has 1 saturated carbocycles. The van der Waals surface area contributed by atoms with Crippen molar-refractivity contribution in [3.05, 3.63) is 70.3 Å². The van der Waals surface area contributed by atoms with Crippen LogP contribution in [0.2, 0.25) is 5.02 Å². The molecule has 0 atom stereocenters. The molecule has 2 aromatic heterocycles. The van der Waals surface area contributed by atoms with Gasteiger partial charge in [-0.2, -0.15) is 13.2 Å². The SMILES string of the molecule is Cc1c(-c2ccc(Cl)cc2F)c(C(=O)N(C)Cc2ccncn2)n(C2CC2)c1C(F)(F)F. The molecule has 1 aromatic carbocycles. The van der Waals surface area contributed by atoms with Gasteiger partial charge in [0.1, 0.15) is 23.5 Å². The lowest BCUT2D eigenvalue weighted by molar-refractivity contribution is -0.144. The van der Waals surface area contributed by atoms with Gasteiger partial charge in [-0.05, 0) is 49.6 Å². The lowest BCUT2D eigenvalue weighted by atomic mass is 9.99. The van der Waals surface area contributed by atoms with Crippen molar-refractivity contribution in [2.24, 2.45) is 0 Å². The third kappa shape index (κ3) is 4.09. The molecule has 0 unspecified atom stereocenters. The Morgan fingerprint density at radius 2 is 2.00 bits per heavy atom. The molecule has 1 aliphatic carbocycles. The van der Waals surface area contributed by atoms with Gasteiger partial charge in [-0.3, -0.25) is 4.79 Å². The van der Waals surface area contributed by atoms with E-state index in [0.717, 1.165) is 10.6 Å². The van der Waals surface area contributed by atoms with Gasteiger partial charge in [0.15, 0.2) is 0 Å². The Labute approximate surface area is 186 Å². The molecule has 0 bridgehead atoms. The quantitative estimate of drug-likeness (QED) is 0.455. The molecule has 0 N–H and O–H groups in total. The van der Waals surface area contributed by atoms with E-state index in [0.29, 0.717) is 18.5 Å². The lowest BCUT2D eigenvalue weighted by Crippen LogP contribution is -2.30. The van der Waals surface area contributed by atoms with Crippen LogP contribution in [-0.2, 0) is 12.7 Å². The fourth-order valence-electron chi connectivity index (χ4n) is 3.89. The van der Waals surface area contributed by atoms with Crippen molar-refractivity contribution in [2.45, 2.75) is 38.5 Å². The maximum atomic E-state index is 14.8. The largest absolute Gasteiger partial charge is 0.431 e. The number of carbonyl (C=O) groups is 1. The number of nitrogens with zero attached hydrogens (tertiary/aromatic N) is 4. The Balaban J connectivity index is 1.92. The standard InChI is InChI=1S/C22H19ClF4N4O/c1-12-18(16-6-3-13(23)9-17(16)24)19(31(15-4-5-15)20(12)22(25,26)27)21(32)30(2)10-14-7-8-28-11-29-14/h3,6-9,11,15H,4-5,10H2,1-2H3. The summed E-state index contributed by atoms with van der Waals surface area (Å²) in [5.74, 6) is -1.45. The van der Waals surface area contributed by atoms with Gasteiger partial charge in [-0.15, -0.1) is 0 Å². The minimum Gasteiger partial charge on any atom is -0.335 e. The Morgan fingerprint density at radius 1 is 1.28 bits per heavy atom. The van der Waals surface area contributed by atoms with Crippen LogP contribution in [0, 0.1) is 12.7 Å². The van der Waals surface area contributed by atoms with Gasteiger partial charge < -0.3 is 9.47 Å². The van der Waals surface area contributed by atoms with E-state index in [9.17, 15) is 22.4 Å². The van der Waals surface area contributed by atoms with Gasteiger partial charge in [0.25, 0.3) is 5.91 Å². The zero-order valence-electron chi connectivity index (χ0n) is 17.2. The first-order chi connectivity index (χ1) is 15.1. The highest BCUT2D eigenvalue weighted by Gasteiger charge is 2.45. The number of hydrogen-bond acceptors (Lipinski definition) is 3. The molecule has 0 saturated heterocycles. The van der Waals surface area contributed by atoms with Crippen molar-refractivity contribution >= 4 is 17.5 Å². The van der Waals surface area contributed by atoms with Crippen LogP contribution in [0.15, 0.2) is 36.8 Å². The van der Waals surface area contributed by atoms with Crippen molar-refractivity contribution in [2.75, 3.05) is 7.05 Å². The summed E-state index contributed by atoms with van der Waals surface area (Å²) >= 11 is 5.84. The second kappa shape index (κ2) is 8.20. The molecule has 4 rings (SSSR count). The third-order valence-corrected chi connectivity index (χ3v) is 5.66. The number of benzene rings is 1. The van der Waals surface area contributed by atoms with Crippen LogP contribution < -0.4 is 0 Å². The van der Waals surface area contributed by atoms with E-state index >= 15 is 0 Å². The molecule has 3 aromatic rings. The molecule has 1 fully saturated rings. The van der Waals surface area contributed by atoms with Gasteiger partial charge in [-0.1, -0.05) is 11.6 Å². The van der Waals surface area contributed by atoms with Gasteiger partial charge >= 0.3 is 6.18 Å². The highest BCUT2D eigenvalue weighted by molar-refractivity contribution is 6.30. The van der Waals surface area contributed by atoms with E-state index in [1.54, 1.807) is 6.07 Å². The van der Waals surface area contributed by atoms with E-state index in [4.69, 9.17) is 11.6 Å². The first-order valence-corrected chi connectivity index (χ1v) is 10.2. The Hall–Kier alpha value is -2.94. The Morgan fingerprint density at radius 3 is 2.56 bits per heavy atom. The van der Waals surface area contributed by atoms with Gasteiger partial charge in [0.05, 0.1) is 12.2 Å². The maximum absolute atomic E-state index is 14.8. The molecule has 0 aliphatic heterocycles. The second-order valence-corrected chi connectivity index (χ2v) is 8.22. The zero-order valence-corrected chi connectivity index (χ0v) is 18.0. The molecule has 0 spiro atoms. The summed E-state index contributed by atoms with van der Waals surface area (Å²) in [6, 6.07) is 4.85. The number of amides is 1. The normalized spacial score (nSPS) is 14.0. The minimum atomic E-state index is -4.71. The zero-order chi connectivity index (χ0) is 23.2. The first kappa shape index (κ1) is 22.3. The van der Waals surface area contributed by atoms with E-state index in [2.05, 4.69) is 9.97 Å². The topological polar surface area (TPSA) is 51.0 Å². The average molecular weight is 467 g/mol. The molecule has 10 heteroatoms. The number of carbonyl (C=O) groups excluding carboxylic acids is 1. The van der Waals surface area contributed by atoms with Crippen LogP contribution >= 0.6 is 11.6 Å². The number of hydrogen-bond donors (Lipinski definition) is 0. The van der Waals surface area contributed by atoms with Crippen LogP contribution in [0.3, 0.4) is 0 Å². The molecule has 1 aliphatic rings. The van der Waals surface area contributed by atoms with Crippen molar-refractivity contribution < 1.29 is 22.4 Å². The van der Waals surface area contributed by atoms with Crippen molar-refractivity contribution in [1.82, 2.24) is 19.4 Å². The van der Waals surface area contributed by atoms with Crippen molar-refractivity contribution in [3.63, 3.8) is 0 Å². The van der Waals surface area contributed by atoms with Crippen LogP contribution in [-0.4, -0.2) is 32.4 Å². The average Bonchev–Trinajstić information content (AvgIpc) is 3.51. The predicted octanol–water partition coefficient (Wildman–Crippen LogP) is 5.67. The Kier molecular flexibility index (Phi) is 5.70. The van der Waals surface area contributed by atoms with Crippen LogP contribution in [0.4, 0.5) is 17.6 Å². The van der Waals surface area contributed by atoms with E-state index < -0.39 is 29.6 Å². The number of alkyl halides is 3. The van der Waals surface area contributed by atoms with Crippen LogP contribution in [0.5, 0.6) is 0 Å². The van der Waals surface area contributed by atoms with E-state index in [-0.39, 0.29) is 34.0 Å². The number of halogens is 5. The molecular weight excluding hydrogens is 448 g/mol. The van der Waals surface area contributed by atoms with E-state index in [1.807, 2.05) is 0 Å². The van der Waals surface area contributed by atoms with E-state index in [1.165, 1.54) is 43.5 Å². The smallest absolute Gasteiger partial charge is 0.335 e. The minimum absolute atomic E-state index is 0.0557. The molecule has 5 nitrogen and oxygen atoms in total. The van der Waals surface area contributed by atoms with Crippen molar-refractivity contribution in [1.29, 1.82) is 0 Å². The summed E-state index contributed by atoms with van der Waals surface area (Å²) in [5.41, 5.74) is -0.955. The summed E-state index contributed by atoms with van der Waals surface area (Å²) in [7, 11) is 1.47. The monoisotopic (exact) mass is 466 g/mol. The summed E-state index contributed by atoms with van der Waals surface area (Å²) in [6.07, 6.45) is -0.867. The maximum Gasteiger partial charge on any atom is 0.431 e. The van der Waals surface area contributed by atoms with Gasteiger partial charge in [-0.25, -0.2) is 14.4 Å². The highest BCUT2D eigenvalue weighted by Crippen LogP contribution is 2.48. The van der Waals surface area contributed by atoms with Gasteiger partial charge in [0, 0.05) is 35.4 Å². The van der Waals surface area contributed by atoms with Crippen molar-refractivity contribution in [3.8, 4) is 11.1 Å². The fourth-order valence-corrected chi connectivity index (χ4v) is 4.05.